The minimum atomic E-state index is -1.44. The van der Waals surface area contributed by atoms with Crippen LogP contribution in [0.4, 0.5) is 0 Å². The Balaban J connectivity index is 2.77. The highest BCUT2D eigenvalue weighted by atomic mass is 16.7. The van der Waals surface area contributed by atoms with Crippen LogP contribution in [0, 0.1) is 17.3 Å². The zero-order chi connectivity index (χ0) is 25.6. The van der Waals surface area contributed by atoms with Crippen LogP contribution in [0.25, 0.3) is 0 Å². The van der Waals surface area contributed by atoms with Crippen molar-refractivity contribution in [1.82, 2.24) is 0 Å². The minimum Gasteiger partial charge on any atom is -0.469 e. The van der Waals surface area contributed by atoms with Gasteiger partial charge in [0.05, 0.1) is 24.7 Å². The van der Waals surface area contributed by atoms with Crippen molar-refractivity contribution in [3.05, 3.63) is 11.8 Å². The number of fused-ring (bicyclic) bond motifs is 1. The van der Waals surface area contributed by atoms with Crippen LogP contribution in [0.1, 0.15) is 34.1 Å². The van der Waals surface area contributed by atoms with Gasteiger partial charge in [0.15, 0.2) is 6.29 Å². The summed E-state index contributed by atoms with van der Waals surface area (Å²) in [7, 11) is 2.56. The zero-order valence-corrected chi connectivity index (χ0v) is 20.0. The van der Waals surface area contributed by atoms with Gasteiger partial charge in [0.2, 0.25) is 0 Å². The number of carbonyl (C=O) groups is 5. The summed E-state index contributed by atoms with van der Waals surface area (Å²) in [5.41, 5.74) is -1.09. The number of hydrogen-bond acceptors (Lipinski definition) is 12. The maximum Gasteiger partial charge on any atom is 0.309 e. The van der Waals surface area contributed by atoms with E-state index in [1.807, 2.05) is 0 Å². The van der Waals surface area contributed by atoms with E-state index in [0.29, 0.717) is 5.57 Å². The van der Waals surface area contributed by atoms with E-state index < -0.39 is 65.6 Å². The Kier molecular flexibility index (Phi) is 9.16. The van der Waals surface area contributed by atoms with Gasteiger partial charge < -0.3 is 33.2 Å². The largest absolute Gasteiger partial charge is 0.469 e. The smallest absolute Gasteiger partial charge is 0.309 e. The molecule has 1 saturated carbocycles. The van der Waals surface area contributed by atoms with Gasteiger partial charge in [0.1, 0.15) is 25.4 Å². The topological polar surface area (TPSA) is 150 Å². The third-order valence-corrected chi connectivity index (χ3v) is 5.87. The molecular formula is C22H30O12. The maximum atomic E-state index is 12.8. The van der Waals surface area contributed by atoms with Gasteiger partial charge in [-0.3, -0.25) is 24.0 Å². The molecule has 0 amide bonds. The number of ether oxygens (including phenoxy) is 7. The van der Waals surface area contributed by atoms with Crippen LogP contribution in [0.2, 0.25) is 0 Å². The fourth-order valence-corrected chi connectivity index (χ4v) is 4.67. The van der Waals surface area contributed by atoms with Crippen molar-refractivity contribution >= 4 is 29.8 Å². The molecule has 2 fully saturated rings. The Hall–Kier alpha value is -2.99. The number of rotatable bonds is 8. The van der Waals surface area contributed by atoms with Crippen molar-refractivity contribution in [3.63, 3.8) is 0 Å². The molecule has 0 aromatic rings. The first kappa shape index (κ1) is 27.3. The first-order valence-corrected chi connectivity index (χ1v) is 10.5. The standard InChI is InChI=1S/C22H30O12/c1-11(23)30-8-15-7-16(20(27)28-5)18-21(29-6)34-17(9-31-12(2)24)19(33-14(4)26)22(15,18)10-32-13(3)25/h8,16-19,21H,7,9-10H2,1-6H3/b15-8+/t16-,17+,18+,19+,21-,22+/m0/s1. The molecule has 2 rings (SSSR count). The fraction of sp³-hybridized carbons (Fsp3) is 0.682. The highest BCUT2D eigenvalue weighted by Crippen LogP contribution is 2.59. The predicted molar refractivity (Wildman–Crippen MR) is 110 cm³/mol. The van der Waals surface area contributed by atoms with Crippen LogP contribution >= 0.6 is 0 Å². The van der Waals surface area contributed by atoms with Gasteiger partial charge in [-0.05, 0) is 12.0 Å². The fourth-order valence-electron chi connectivity index (χ4n) is 4.67. The molecule has 2 aliphatic rings. The molecule has 1 heterocycles. The summed E-state index contributed by atoms with van der Waals surface area (Å²) in [4.78, 5) is 59.8. The van der Waals surface area contributed by atoms with Crippen molar-refractivity contribution in [2.24, 2.45) is 17.3 Å². The molecule has 6 atom stereocenters. The quantitative estimate of drug-likeness (QED) is 0.269. The summed E-state index contributed by atoms with van der Waals surface area (Å²) in [6.07, 6.45) is -2.21. The molecule has 12 nitrogen and oxygen atoms in total. The van der Waals surface area contributed by atoms with Crippen molar-refractivity contribution < 1.29 is 57.1 Å². The van der Waals surface area contributed by atoms with E-state index in [9.17, 15) is 24.0 Å². The first-order chi connectivity index (χ1) is 16.0. The molecule has 34 heavy (non-hydrogen) atoms. The Morgan fingerprint density at radius 3 is 2.12 bits per heavy atom. The van der Waals surface area contributed by atoms with E-state index in [1.165, 1.54) is 41.9 Å². The van der Waals surface area contributed by atoms with E-state index in [1.54, 1.807) is 0 Å². The predicted octanol–water partition coefficient (Wildman–Crippen LogP) is 0.658. The second kappa shape index (κ2) is 11.4. The average Bonchev–Trinajstić information content (AvgIpc) is 3.10. The SMILES string of the molecule is COC(=O)[C@H]1C/C(=C\OC(C)=O)[C@]2(COC(C)=O)[C@H]1[C@@H](OC)O[C@H](COC(C)=O)[C@H]2OC(C)=O. The van der Waals surface area contributed by atoms with Gasteiger partial charge in [-0.25, -0.2) is 0 Å². The minimum absolute atomic E-state index is 0.00710. The van der Waals surface area contributed by atoms with Crippen LogP contribution in [0.3, 0.4) is 0 Å². The molecule has 0 spiro atoms. The molecule has 0 aromatic carbocycles. The van der Waals surface area contributed by atoms with E-state index in [0.717, 1.165) is 6.26 Å². The van der Waals surface area contributed by atoms with Crippen LogP contribution < -0.4 is 0 Å². The lowest BCUT2D eigenvalue weighted by molar-refractivity contribution is -0.295. The Labute approximate surface area is 196 Å². The molecule has 0 radical (unpaired) electrons. The molecule has 1 aliphatic heterocycles. The van der Waals surface area contributed by atoms with Gasteiger partial charge >= 0.3 is 29.8 Å². The zero-order valence-electron chi connectivity index (χ0n) is 20.0. The van der Waals surface area contributed by atoms with Gasteiger partial charge in [0, 0.05) is 40.7 Å². The number of esters is 5. The number of carbonyl (C=O) groups excluding carboxylic acids is 5. The van der Waals surface area contributed by atoms with Crippen molar-refractivity contribution in [1.29, 1.82) is 0 Å². The van der Waals surface area contributed by atoms with Crippen molar-refractivity contribution in [2.75, 3.05) is 27.4 Å². The Morgan fingerprint density at radius 2 is 1.62 bits per heavy atom. The Bertz CT molecular complexity index is 849. The second-order valence-electron chi connectivity index (χ2n) is 8.04. The summed E-state index contributed by atoms with van der Waals surface area (Å²) < 4.78 is 37.8. The lowest BCUT2D eigenvalue weighted by Gasteiger charge is -2.51. The van der Waals surface area contributed by atoms with Crippen molar-refractivity contribution in [3.8, 4) is 0 Å². The van der Waals surface area contributed by atoms with E-state index >= 15 is 0 Å². The highest BCUT2D eigenvalue weighted by Gasteiger charge is 2.68. The molecule has 1 aliphatic carbocycles. The molecule has 1 saturated heterocycles. The molecule has 0 bridgehead atoms. The molecule has 12 heteroatoms. The summed E-state index contributed by atoms with van der Waals surface area (Å²) in [5.74, 6) is -4.97. The highest BCUT2D eigenvalue weighted by molar-refractivity contribution is 5.75. The monoisotopic (exact) mass is 486 g/mol. The molecule has 0 aromatic heterocycles. The molecule has 0 unspecified atom stereocenters. The normalized spacial score (nSPS) is 31.2. The van der Waals surface area contributed by atoms with Gasteiger partial charge in [-0.2, -0.15) is 0 Å². The Morgan fingerprint density at radius 1 is 0.971 bits per heavy atom. The van der Waals surface area contributed by atoms with E-state index in [-0.39, 0.29) is 19.6 Å². The van der Waals surface area contributed by atoms with Crippen LogP contribution in [0.5, 0.6) is 0 Å². The van der Waals surface area contributed by atoms with Crippen LogP contribution in [-0.2, 0) is 57.1 Å². The lowest BCUT2D eigenvalue weighted by Crippen LogP contribution is -2.63. The van der Waals surface area contributed by atoms with Gasteiger partial charge in [0.25, 0.3) is 0 Å². The third kappa shape index (κ3) is 5.73. The average molecular weight is 486 g/mol. The number of hydrogen-bond donors (Lipinski definition) is 0. The molecule has 190 valence electrons. The van der Waals surface area contributed by atoms with Crippen LogP contribution in [-0.4, -0.2) is 75.8 Å². The van der Waals surface area contributed by atoms with E-state index in [2.05, 4.69) is 0 Å². The summed E-state index contributed by atoms with van der Waals surface area (Å²) in [5, 5.41) is 0. The first-order valence-electron chi connectivity index (χ1n) is 10.5. The summed E-state index contributed by atoms with van der Waals surface area (Å²) >= 11 is 0. The van der Waals surface area contributed by atoms with Crippen LogP contribution in [0.15, 0.2) is 11.8 Å². The third-order valence-electron chi connectivity index (χ3n) is 5.87. The van der Waals surface area contributed by atoms with Crippen molar-refractivity contribution in [2.45, 2.75) is 52.6 Å². The summed E-state index contributed by atoms with van der Waals surface area (Å²) in [6.45, 7) is 4.05. The van der Waals surface area contributed by atoms with E-state index in [4.69, 9.17) is 33.2 Å². The summed E-state index contributed by atoms with van der Waals surface area (Å²) in [6, 6.07) is 0. The number of methoxy groups -OCH3 is 2. The van der Waals surface area contributed by atoms with Gasteiger partial charge in [-0.1, -0.05) is 0 Å². The second-order valence-corrected chi connectivity index (χ2v) is 8.04. The lowest BCUT2D eigenvalue weighted by atomic mass is 9.66. The van der Waals surface area contributed by atoms with Gasteiger partial charge in [-0.15, -0.1) is 0 Å². The molecule has 0 N–H and O–H groups in total. The molecular weight excluding hydrogens is 456 g/mol. The maximum absolute atomic E-state index is 12.8.